The first-order chi connectivity index (χ1) is 17.7. The smallest absolute Gasteiger partial charge is 0.338 e. The van der Waals surface area contributed by atoms with E-state index in [0.29, 0.717) is 32.1 Å². The number of esters is 1. The van der Waals surface area contributed by atoms with Crippen molar-refractivity contribution in [2.75, 3.05) is 27.9 Å². The lowest BCUT2D eigenvalue weighted by molar-refractivity contribution is -0.139. The molecule has 11 heteroatoms. The molecule has 1 aliphatic rings. The number of allylic oxidation sites excluding steroid dienone is 1. The number of hydrogen-bond acceptors (Lipinski definition) is 8. The van der Waals surface area contributed by atoms with Crippen LogP contribution in [0.3, 0.4) is 0 Å². The molecule has 2 heterocycles. The Bertz CT molecular complexity index is 1570. The minimum Gasteiger partial charge on any atom is -0.497 e. The molecule has 1 aliphatic heterocycles. The molecule has 0 fully saturated rings. The van der Waals surface area contributed by atoms with Crippen molar-refractivity contribution in [3.63, 3.8) is 0 Å². The fourth-order valence-corrected chi connectivity index (χ4v) is 7.44. The maximum Gasteiger partial charge on any atom is 0.338 e. The number of thiazole rings is 1. The molecule has 1 atom stereocenters. The molecule has 0 bridgehead atoms. The predicted molar refractivity (Wildman–Crippen MR) is 158 cm³/mol. The quantitative estimate of drug-likeness (QED) is 0.268. The molecule has 0 amide bonds. The Morgan fingerprint density at radius 2 is 1.81 bits per heavy atom. The van der Waals surface area contributed by atoms with Crippen LogP contribution < -0.4 is 29.1 Å². The van der Waals surface area contributed by atoms with Gasteiger partial charge in [-0.05, 0) is 94.9 Å². The Labute approximate surface area is 244 Å². The zero-order chi connectivity index (χ0) is 26.9. The van der Waals surface area contributed by atoms with Crippen molar-refractivity contribution in [1.29, 1.82) is 0 Å². The molecule has 2 aromatic carbocycles. The molecule has 0 N–H and O–H groups in total. The molecule has 0 unspecified atom stereocenters. The second-order valence-corrected chi connectivity index (χ2v) is 11.3. The summed E-state index contributed by atoms with van der Waals surface area (Å²) in [5, 5.41) is 0. The third-order valence-corrected chi connectivity index (χ3v) is 8.36. The highest BCUT2D eigenvalue weighted by molar-refractivity contribution is 14.1. The lowest BCUT2D eigenvalue weighted by Gasteiger charge is -2.26. The first-order valence-electron chi connectivity index (χ1n) is 11.2. The van der Waals surface area contributed by atoms with Crippen LogP contribution in [0.5, 0.6) is 17.2 Å². The maximum absolute atomic E-state index is 13.9. The Balaban J connectivity index is 1.98. The number of fused-ring (bicyclic) bond motifs is 1. The molecule has 194 valence electrons. The average Bonchev–Trinajstić information content (AvgIpc) is 3.16. The number of rotatable bonds is 7. The molecule has 0 saturated heterocycles. The van der Waals surface area contributed by atoms with Gasteiger partial charge in [0.2, 0.25) is 0 Å². The van der Waals surface area contributed by atoms with Gasteiger partial charge in [-0.2, -0.15) is 0 Å². The van der Waals surface area contributed by atoms with Crippen molar-refractivity contribution in [2.45, 2.75) is 19.9 Å². The highest BCUT2D eigenvalue weighted by Crippen LogP contribution is 2.37. The van der Waals surface area contributed by atoms with E-state index in [1.54, 1.807) is 50.8 Å². The summed E-state index contributed by atoms with van der Waals surface area (Å²) in [6.45, 7) is 3.69. The summed E-state index contributed by atoms with van der Waals surface area (Å²) < 4.78 is 25.7. The van der Waals surface area contributed by atoms with Crippen LogP contribution in [-0.4, -0.2) is 38.5 Å². The van der Waals surface area contributed by atoms with Crippen molar-refractivity contribution >= 4 is 68.6 Å². The zero-order valence-electron chi connectivity index (χ0n) is 20.8. The molecule has 8 nitrogen and oxygen atoms in total. The van der Waals surface area contributed by atoms with Gasteiger partial charge >= 0.3 is 5.97 Å². The van der Waals surface area contributed by atoms with Gasteiger partial charge < -0.3 is 18.9 Å². The number of nitrogens with zero attached hydrogens (tertiary/aromatic N) is 2. The Morgan fingerprint density at radius 1 is 1.11 bits per heavy atom. The van der Waals surface area contributed by atoms with E-state index in [1.807, 2.05) is 18.2 Å². The topological polar surface area (TPSA) is 88.4 Å². The summed E-state index contributed by atoms with van der Waals surface area (Å²) >= 11 is 5.70. The standard InChI is InChI=1S/C26H24I2N2O6S/c1-6-36-25(32)21-13(2)29-26-30(22(21)16-8-7-15(33-3)12-19(16)34-4)24(31)20(37-26)11-14-9-17(27)23(35-5)18(28)10-14/h7-12,22H,6H2,1-5H3/b20-11-/t22-/m0/s1. The summed E-state index contributed by atoms with van der Waals surface area (Å²) in [5.74, 6) is 1.34. The largest absolute Gasteiger partial charge is 0.497 e. The number of ether oxygens (including phenoxy) is 4. The number of benzene rings is 2. The van der Waals surface area contributed by atoms with Gasteiger partial charge in [-0.15, -0.1) is 0 Å². The summed E-state index contributed by atoms with van der Waals surface area (Å²) in [5.41, 5.74) is 2.00. The summed E-state index contributed by atoms with van der Waals surface area (Å²) in [6, 6.07) is 8.43. The van der Waals surface area contributed by atoms with Gasteiger partial charge in [-0.3, -0.25) is 9.36 Å². The summed E-state index contributed by atoms with van der Waals surface area (Å²) in [6.07, 6.45) is 1.83. The van der Waals surface area contributed by atoms with Crippen LogP contribution >= 0.6 is 56.5 Å². The molecule has 3 aromatic rings. The van der Waals surface area contributed by atoms with Gasteiger partial charge in [-0.1, -0.05) is 11.3 Å². The number of carbonyl (C=O) groups is 1. The fraction of sp³-hybridized carbons (Fsp3) is 0.269. The predicted octanol–water partition coefficient (Wildman–Crippen LogP) is 4.03. The number of carbonyl (C=O) groups excluding carboxylic acids is 1. The SMILES string of the molecule is CCOC(=O)C1=C(C)N=c2s/c(=C\c3cc(I)c(OC)c(I)c3)c(=O)n2[C@H]1c1ccc(OC)cc1OC. The first kappa shape index (κ1) is 27.6. The van der Waals surface area contributed by atoms with Gasteiger partial charge in [0, 0.05) is 11.6 Å². The van der Waals surface area contributed by atoms with E-state index in [9.17, 15) is 9.59 Å². The minimum atomic E-state index is -0.783. The van der Waals surface area contributed by atoms with E-state index < -0.39 is 12.0 Å². The summed E-state index contributed by atoms with van der Waals surface area (Å²) in [4.78, 5) is 32.1. The van der Waals surface area contributed by atoms with Crippen molar-refractivity contribution in [2.24, 2.45) is 4.99 Å². The molecule has 0 spiro atoms. The van der Waals surface area contributed by atoms with Crippen molar-refractivity contribution < 1.29 is 23.7 Å². The third-order valence-electron chi connectivity index (χ3n) is 5.77. The average molecular weight is 746 g/mol. The van der Waals surface area contributed by atoms with Gasteiger partial charge in [0.25, 0.3) is 5.56 Å². The lowest BCUT2D eigenvalue weighted by atomic mass is 9.95. The van der Waals surface area contributed by atoms with E-state index in [4.69, 9.17) is 18.9 Å². The molecule has 0 radical (unpaired) electrons. The van der Waals surface area contributed by atoms with E-state index >= 15 is 0 Å². The molecule has 4 rings (SSSR count). The van der Waals surface area contributed by atoms with E-state index in [0.717, 1.165) is 18.5 Å². The zero-order valence-corrected chi connectivity index (χ0v) is 25.9. The highest BCUT2D eigenvalue weighted by Gasteiger charge is 2.35. The van der Waals surface area contributed by atoms with Crippen molar-refractivity contribution in [1.82, 2.24) is 4.57 Å². The second-order valence-electron chi connectivity index (χ2n) is 7.93. The molecular formula is C26H24I2N2O6S. The van der Waals surface area contributed by atoms with Crippen LogP contribution in [0.2, 0.25) is 0 Å². The fourth-order valence-electron chi connectivity index (χ4n) is 4.14. The second kappa shape index (κ2) is 11.6. The van der Waals surface area contributed by atoms with Crippen LogP contribution in [0, 0.1) is 7.14 Å². The van der Waals surface area contributed by atoms with Crippen LogP contribution in [0.1, 0.15) is 31.0 Å². The van der Waals surface area contributed by atoms with E-state index in [-0.39, 0.29) is 17.7 Å². The third kappa shape index (κ3) is 5.30. The highest BCUT2D eigenvalue weighted by atomic mass is 127. The van der Waals surface area contributed by atoms with Crippen molar-refractivity contribution in [3.8, 4) is 17.2 Å². The number of methoxy groups -OCH3 is 3. The summed E-state index contributed by atoms with van der Waals surface area (Å²) in [7, 11) is 4.73. The van der Waals surface area contributed by atoms with E-state index in [2.05, 4.69) is 50.2 Å². The monoisotopic (exact) mass is 746 g/mol. The molecule has 1 aromatic heterocycles. The van der Waals surface area contributed by atoms with Gasteiger partial charge in [0.1, 0.15) is 23.3 Å². The first-order valence-corrected chi connectivity index (χ1v) is 14.2. The van der Waals surface area contributed by atoms with Crippen LogP contribution in [0.15, 0.2) is 51.4 Å². The minimum absolute atomic E-state index is 0.196. The van der Waals surface area contributed by atoms with Crippen LogP contribution in [0.25, 0.3) is 6.08 Å². The Kier molecular flexibility index (Phi) is 8.63. The molecular weight excluding hydrogens is 722 g/mol. The molecule has 37 heavy (non-hydrogen) atoms. The Morgan fingerprint density at radius 3 is 2.41 bits per heavy atom. The Hall–Kier alpha value is -2.39. The van der Waals surface area contributed by atoms with Gasteiger partial charge in [0.05, 0.1) is 50.9 Å². The normalized spacial score (nSPS) is 15.2. The van der Waals surface area contributed by atoms with Crippen molar-refractivity contribution in [3.05, 3.63) is 79.6 Å². The number of halogens is 2. The van der Waals surface area contributed by atoms with Crippen LogP contribution in [0.4, 0.5) is 0 Å². The van der Waals surface area contributed by atoms with Gasteiger partial charge in [0.15, 0.2) is 4.80 Å². The van der Waals surface area contributed by atoms with E-state index in [1.165, 1.54) is 18.4 Å². The maximum atomic E-state index is 13.9. The van der Waals surface area contributed by atoms with Crippen LogP contribution in [-0.2, 0) is 9.53 Å². The number of hydrogen-bond donors (Lipinski definition) is 0. The number of aromatic nitrogens is 1. The molecule has 0 saturated carbocycles. The van der Waals surface area contributed by atoms with Gasteiger partial charge in [-0.25, -0.2) is 9.79 Å². The lowest BCUT2D eigenvalue weighted by Crippen LogP contribution is -2.40. The molecule has 0 aliphatic carbocycles.